The van der Waals surface area contributed by atoms with Crippen LogP contribution in [0, 0.1) is 0 Å². The van der Waals surface area contributed by atoms with Gasteiger partial charge in [-0.3, -0.25) is 0 Å². The number of rotatable bonds is 0. The molecule has 2 heterocycles. The van der Waals surface area contributed by atoms with Crippen molar-refractivity contribution in [1.29, 1.82) is 0 Å². The summed E-state index contributed by atoms with van der Waals surface area (Å²) in [4.78, 5) is 0. The number of hydrogen-bond donors (Lipinski definition) is 0. The first-order chi connectivity index (χ1) is 10.2. The first kappa shape index (κ1) is 14.7. The summed E-state index contributed by atoms with van der Waals surface area (Å²) < 4.78 is 87.7. The van der Waals surface area contributed by atoms with Gasteiger partial charge < -0.3 is 9.47 Å². The van der Waals surface area contributed by atoms with E-state index in [9.17, 15) is 26.3 Å². The highest BCUT2D eigenvalue weighted by Gasteiger charge is 2.45. The minimum Gasteiger partial charge on any atom is -0.461 e. The number of halogens is 6. The van der Waals surface area contributed by atoms with Gasteiger partial charge in [0.25, 0.3) is 5.95 Å². The Morgan fingerprint density at radius 2 is 1.36 bits per heavy atom. The minimum absolute atomic E-state index is 0.105. The second-order valence-electron chi connectivity index (χ2n) is 4.41. The van der Waals surface area contributed by atoms with E-state index in [0.29, 0.717) is 0 Å². The van der Waals surface area contributed by atoms with Gasteiger partial charge in [-0.15, -0.1) is 10.2 Å². The SMILES string of the molecule is FC(F)(F)c1nnc(C(F)(F)F)c2c1C=CC2=C1OCCO1. The predicted molar refractivity (Wildman–Crippen MR) is 59.9 cm³/mol. The molecule has 118 valence electrons. The van der Waals surface area contributed by atoms with Crippen molar-refractivity contribution in [3.05, 3.63) is 34.5 Å². The Bertz CT molecular complexity index is 682. The molecule has 1 fully saturated rings. The zero-order valence-corrected chi connectivity index (χ0v) is 10.5. The maximum Gasteiger partial charge on any atom is 0.435 e. The van der Waals surface area contributed by atoms with Gasteiger partial charge in [-0.2, -0.15) is 26.3 Å². The average Bonchev–Trinajstić information content (AvgIpc) is 3.03. The maximum atomic E-state index is 13.0. The Kier molecular flexibility index (Phi) is 3.08. The van der Waals surface area contributed by atoms with Crippen LogP contribution < -0.4 is 0 Å². The van der Waals surface area contributed by atoms with E-state index in [1.165, 1.54) is 0 Å². The van der Waals surface area contributed by atoms with Gasteiger partial charge in [-0.1, -0.05) is 6.08 Å². The fourth-order valence-corrected chi connectivity index (χ4v) is 2.18. The van der Waals surface area contributed by atoms with Gasteiger partial charge in [-0.25, -0.2) is 0 Å². The van der Waals surface area contributed by atoms with Crippen molar-refractivity contribution in [1.82, 2.24) is 10.2 Å². The molecule has 0 atom stereocenters. The smallest absolute Gasteiger partial charge is 0.435 e. The number of hydrogen-bond acceptors (Lipinski definition) is 4. The number of allylic oxidation sites excluding steroid dienone is 2. The highest BCUT2D eigenvalue weighted by atomic mass is 19.4. The third kappa shape index (κ3) is 2.28. The van der Waals surface area contributed by atoms with E-state index < -0.39 is 34.9 Å². The summed E-state index contributed by atoms with van der Waals surface area (Å²) in [6.45, 7) is 0.210. The molecule has 0 unspecified atom stereocenters. The van der Waals surface area contributed by atoms with Crippen LogP contribution in [0.1, 0.15) is 22.5 Å². The lowest BCUT2D eigenvalue weighted by Gasteiger charge is -2.15. The van der Waals surface area contributed by atoms with Crippen LogP contribution in [0.4, 0.5) is 26.3 Å². The van der Waals surface area contributed by atoms with E-state index in [2.05, 4.69) is 10.2 Å². The topological polar surface area (TPSA) is 44.2 Å². The summed E-state index contributed by atoms with van der Waals surface area (Å²) in [7, 11) is 0. The van der Waals surface area contributed by atoms with Crippen molar-refractivity contribution in [3.63, 3.8) is 0 Å². The Morgan fingerprint density at radius 3 is 1.91 bits per heavy atom. The van der Waals surface area contributed by atoms with Crippen molar-refractivity contribution < 1.29 is 35.8 Å². The van der Waals surface area contributed by atoms with Gasteiger partial charge >= 0.3 is 12.4 Å². The van der Waals surface area contributed by atoms with E-state index in [4.69, 9.17) is 9.47 Å². The van der Waals surface area contributed by atoms with Crippen LogP contribution in [0.2, 0.25) is 0 Å². The lowest BCUT2D eigenvalue weighted by atomic mass is 10.0. The van der Waals surface area contributed by atoms with Gasteiger partial charge in [0.05, 0.1) is 5.57 Å². The molecule has 0 bridgehead atoms. The summed E-state index contributed by atoms with van der Waals surface area (Å²) in [6.07, 6.45) is -7.92. The van der Waals surface area contributed by atoms with Gasteiger partial charge in [0.2, 0.25) is 0 Å². The zero-order valence-electron chi connectivity index (χ0n) is 10.5. The van der Waals surface area contributed by atoms with E-state index in [-0.39, 0.29) is 24.7 Å². The largest absolute Gasteiger partial charge is 0.461 e. The summed E-state index contributed by atoms with van der Waals surface area (Å²) in [6, 6.07) is 0. The Balaban J connectivity index is 2.29. The van der Waals surface area contributed by atoms with Crippen molar-refractivity contribution in [2.45, 2.75) is 12.4 Å². The zero-order chi connectivity index (χ0) is 16.1. The van der Waals surface area contributed by atoms with Crippen LogP contribution in [0.3, 0.4) is 0 Å². The summed E-state index contributed by atoms with van der Waals surface area (Å²) in [5, 5.41) is 5.43. The standard InChI is InChI=1S/C12H6F6N2O2/c13-11(14,15)8-5-1-2-6(10-21-3-4-22-10)7(5)9(20-19-8)12(16,17)18/h1-2H,3-4H2. The second-order valence-corrected chi connectivity index (χ2v) is 4.41. The molecule has 1 aromatic heterocycles. The molecular weight excluding hydrogens is 318 g/mol. The van der Waals surface area contributed by atoms with E-state index >= 15 is 0 Å². The summed E-state index contributed by atoms with van der Waals surface area (Å²) >= 11 is 0. The van der Waals surface area contributed by atoms with E-state index in [1.54, 1.807) is 0 Å². The molecule has 3 rings (SSSR count). The van der Waals surface area contributed by atoms with Gasteiger partial charge in [0, 0.05) is 11.1 Å². The number of alkyl halides is 6. The molecule has 0 aromatic carbocycles. The monoisotopic (exact) mass is 324 g/mol. The molecule has 0 N–H and O–H groups in total. The molecule has 1 aromatic rings. The Labute approximate surface area is 119 Å². The molecule has 4 nitrogen and oxygen atoms in total. The van der Waals surface area contributed by atoms with Gasteiger partial charge in [0.15, 0.2) is 11.4 Å². The molecule has 22 heavy (non-hydrogen) atoms. The first-order valence-corrected chi connectivity index (χ1v) is 5.93. The average molecular weight is 324 g/mol. The van der Waals surface area contributed by atoms with Crippen LogP contribution in [0.5, 0.6) is 0 Å². The molecule has 1 aliphatic carbocycles. The number of aromatic nitrogens is 2. The molecule has 0 saturated carbocycles. The molecule has 1 saturated heterocycles. The van der Waals surface area contributed by atoms with Crippen molar-refractivity contribution in [3.8, 4) is 0 Å². The number of ether oxygens (including phenoxy) is 2. The van der Waals surface area contributed by atoms with E-state index in [0.717, 1.165) is 12.2 Å². The van der Waals surface area contributed by atoms with Gasteiger partial charge in [-0.05, 0) is 6.08 Å². The van der Waals surface area contributed by atoms with Crippen LogP contribution in [-0.2, 0) is 21.8 Å². The van der Waals surface area contributed by atoms with Crippen LogP contribution in [0.15, 0.2) is 12.0 Å². The quantitative estimate of drug-likeness (QED) is 0.687. The highest BCUT2D eigenvalue weighted by Crippen LogP contribution is 2.44. The van der Waals surface area contributed by atoms with Crippen molar-refractivity contribution in [2.75, 3.05) is 13.2 Å². The highest BCUT2D eigenvalue weighted by molar-refractivity contribution is 5.92. The number of fused-ring (bicyclic) bond motifs is 1. The lowest BCUT2D eigenvalue weighted by Crippen LogP contribution is -2.19. The molecule has 0 spiro atoms. The molecule has 2 aliphatic rings. The summed E-state index contributed by atoms with van der Waals surface area (Å²) in [5.41, 5.74) is -4.65. The molecule has 10 heteroatoms. The van der Waals surface area contributed by atoms with Crippen LogP contribution in [0.25, 0.3) is 11.6 Å². The van der Waals surface area contributed by atoms with Crippen LogP contribution >= 0.6 is 0 Å². The van der Waals surface area contributed by atoms with Gasteiger partial charge in [0.1, 0.15) is 13.2 Å². The molecule has 0 amide bonds. The third-order valence-electron chi connectivity index (χ3n) is 3.00. The minimum atomic E-state index is -4.96. The van der Waals surface area contributed by atoms with Crippen LogP contribution in [-0.4, -0.2) is 23.4 Å². The van der Waals surface area contributed by atoms with Crippen molar-refractivity contribution in [2.24, 2.45) is 0 Å². The fourth-order valence-electron chi connectivity index (χ4n) is 2.18. The molecule has 0 radical (unpaired) electrons. The molecular formula is C12H6F6N2O2. The number of nitrogens with zero attached hydrogens (tertiary/aromatic N) is 2. The fraction of sp³-hybridized carbons (Fsp3) is 0.333. The lowest BCUT2D eigenvalue weighted by molar-refractivity contribution is -0.148. The third-order valence-corrected chi connectivity index (χ3v) is 3.00. The summed E-state index contributed by atoms with van der Waals surface area (Å²) in [5.74, 6) is -0.248. The first-order valence-electron chi connectivity index (χ1n) is 5.93. The maximum absolute atomic E-state index is 13.0. The second kappa shape index (κ2) is 4.62. The Morgan fingerprint density at radius 1 is 0.818 bits per heavy atom. The van der Waals surface area contributed by atoms with Crippen molar-refractivity contribution >= 4 is 11.6 Å². The molecule has 1 aliphatic heterocycles. The van der Waals surface area contributed by atoms with E-state index in [1.807, 2.05) is 0 Å². The predicted octanol–water partition coefficient (Wildman–Crippen LogP) is 3.26. The normalized spacial score (nSPS) is 17.5. The Hall–Kier alpha value is -2.26.